The van der Waals surface area contributed by atoms with Crippen LogP contribution in [-0.4, -0.2) is 30.9 Å². The predicted octanol–water partition coefficient (Wildman–Crippen LogP) is 5.06. The number of halogens is 1. The van der Waals surface area contributed by atoms with Crippen LogP contribution in [0.5, 0.6) is 0 Å². The Morgan fingerprint density at radius 2 is 1.74 bits per heavy atom. The van der Waals surface area contributed by atoms with Gasteiger partial charge in [-0.3, -0.25) is 9.36 Å². The molecule has 0 aliphatic heterocycles. The second-order valence-corrected chi connectivity index (χ2v) is 8.36. The lowest BCUT2D eigenvalue weighted by Gasteiger charge is -2.11. The van der Waals surface area contributed by atoms with E-state index in [1.807, 2.05) is 66.4 Å². The molecule has 0 spiro atoms. The van der Waals surface area contributed by atoms with Gasteiger partial charge in [-0.1, -0.05) is 54.2 Å². The van der Waals surface area contributed by atoms with Crippen LogP contribution in [0, 0.1) is 19.7 Å². The van der Waals surface area contributed by atoms with Crippen molar-refractivity contribution >= 4 is 17.5 Å². The van der Waals surface area contributed by atoms with E-state index in [4.69, 9.17) is 0 Å². The van der Waals surface area contributed by atoms with Crippen molar-refractivity contribution in [1.82, 2.24) is 19.3 Å². The van der Waals surface area contributed by atoms with Crippen molar-refractivity contribution in [3.8, 4) is 11.4 Å². The number of carbonyl (C=O) groups is 1. The maximum atomic E-state index is 14.5. The second-order valence-electron chi connectivity index (χ2n) is 7.41. The molecular weight excluding hydrogens is 411 g/mol. The molecule has 7 heteroatoms. The predicted molar refractivity (Wildman–Crippen MR) is 121 cm³/mol. The minimum Gasteiger partial charge on any atom is -0.351 e. The first-order valence-corrected chi connectivity index (χ1v) is 10.9. The standard InChI is InChI=1S/C24H23FN4OS/c1-16-13-20(17(2)28(16)3)22(30)15-31-24-27-26-23(19-11-7-8-12-21(19)25)29(24)14-18-9-5-4-6-10-18/h4-13H,14-15H2,1-3H3. The van der Waals surface area contributed by atoms with Gasteiger partial charge in [0.1, 0.15) is 5.82 Å². The quantitative estimate of drug-likeness (QED) is 0.301. The smallest absolute Gasteiger partial charge is 0.192 e. The van der Waals surface area contributed by atoms with Gasteiger partial charge in [0, 0.05) is 24.0 Å². The summed E-state index contributed by atoms with van der Waals surface area (Å²) in [4.78, 5) is 12.9. The fraction of sp³-hybridized carbons (Fsp3) is 0.208. The summed E-state index contributed by atoms with van der Waals surface area (Å²) in [5.74, 6) is 0.359. The molecule has 0 unspecified atom stereocenters. The summed E-state index contributed by atoms with van der Waals surface area (Å²) < 4.78 is 18.4. The zero-order chi connectivity index (χ0) is 22.0. The Morgan fingerprint density at radius 1 is 1.03 bits per heavy atom. The Labute approximate surface area is 184 Å². The van der Waals surface area contributed by atoms with Gasteiger partial charge in [0.05, 0.1) is 17.9 Å². The van der Waals surface area contributed by atoms with Crippen molar-refractivity contribution in [3.05, 3.63) is 89.0 Å². The van der Waals surface area contributed by atoms with Crippen molar-refractivity contribution in [2.75, 3.05) is 5.75 Å². The molecule has 5 nitrogen and oxygen atoms in total. The van der Waals surface area contributed by atoms with Crippen molar-refractivity contribution in [1.29, 1.82) is 0 Å². The van der Waals surface area contributed by atoms with Crippen molar-refractivity contribution in [2.24, 2.45) is 7.05 Å². The van der Waals surface area contributed by atoms with E-state index in [1.54, 1.807) is 18.2 Å². The fourth-order valence-corrected chi connectivity index (χ4v) is 4.31. The minimum atomic E-state index is -0.354. The second kappa shape index (κ2) is 8.89. The third kappa shape index (κ3) is 4.32. The Bertz CT molecular complexity index is 1230. The number of Topliss-reactive ketones (excluding diaryl/α,β-unsaturated/α-hetero) is 1. The molecule has 31 heavy (non-hydrogen) atoms. The molecule has 0 amide bonds. The number of thioether (sulfide) groups is 1. The van der Waals surface area contributed by atoms with E-state index in [9.17, 15) is 9.18 Å². The molecular formula is C24H23FN4OS. The number of hydrogen-bond acceptors (Lipinski definition) is 4. The first-order chi connectivity index (χ1) is 15.0. The van der Waals surface area contributed by atoms with Crippen LogP contribution in [-0.2, 0) is 13.6 Å². The van der Waals surface area contributed by atoms with Gasteiger partial charge in [0.2, 0.25) is 0 Å². The van der Waals surface area contributed by atoms with E-state index in [0.717, 1.165) is 22.5 Å². The number of aromatic nitrogens is 4. The lowest BCUT2D eigenvalue weighted by Crippen LogP contribution is -2.08. The van der Waals surface area contributed by atoms with Crippen LogP contribution in [0.25, 0.3) is 11.4 Å². The highest BCUT2D eigenvalue weighted by Crippen LogP contribution is 2.28. The van der Waals surface area contributed by atoms with Crippen LogP contribution in [0.1, 0.15) is 27.3 Å². The summed E-state index contributed by atoms with van der Waals surface area (Å²) in [5.41, 5.74) is 4.14. The van der Waals surface area contributed by atoms with E-state index >= 15 is 0 Å². The van der Waals surface area contributed by atoms with Crippen molar-refractivity contribution in [3.63, 3.8) is 0 Å². The molecule has 2 heterocycles. The molecule has 0 N–H and O–H groups in total. The zero-order valence-corrected chi connectivity index (χ0v) is 18.5. The van der Waals surface area contributed by atoms with Gasteiger partial charge in [-0.25, -0.2) is 4.39 Å². The lowest BCUT2D eigenvalue weighted by molar-refractivity contribution is 0.102. The van der Waals surface area contributed by atoms with E-state index < -0.39 is 0 Å². The minimum absolute atomic E-state index is 0.0351. The summed E-state index contributed by atoms with van der Waals surface area (Å²) in [6, 6.07) is 18.3. The summed E-state index contributed by atoms with van der Waals surface area (Å²) in [6.07, 6.45) is 0. The Hall–Kier alpha value is -3.19. The van der Waals surface area contributed by atoms with E-state index in [2.05, 4.69) is 10.2 Å². The number of hydrogen-bond donors (Lipinski definition) is 0. The van der Waals surface area contributed by atoms with Gasteiger partial charge in [0.25, 0.3) is 0 Å². The van der Waals surface area contributed by atoms with Gasteiger partial charge < -0.3 is 4.57 Å². The van der Waals surface area contributed by atoms with Gasteiger partial charge in [-0.15, -0.1) is 10.2 Å². The van der Waals surface area contributed by atoms with Gasteiger partial charge in [-0.05, 0) is 37.6 Å². The molecule has 4 rings (SSSR count). The topological polar surface area (TPSA) is 52.7 Å². The Balaban J connectivity index is 1.65. The molecule has 0 fully saturated rings. The zero-order valence-electron chi connectivity index (χ0n) is 17.7. The average molecular weight is 435 g/mol. The third-order valence-corrected chi connectivity index (χ3v) is 6.39. The molecule has 0 aliphatic carbocycles. The molecule has 2 aromatic heterocycles. The van der Waals surface area contributed by atoms with Gasteiger partial charge in [0.15, 0.2) is 16.8 Å². The molecule has 0 atom stereocenters. The lowest BCUT2D eigenvalue weighted by atomic mass is 10.2. The van der Waals surface area contributed by atoms with Crippen LogP contribution in [0.4, 0.5) is 4.39 Å². The number of nitrogens with zero attached hydrogens (tertiary/aromatic N) is 4. The van der Waals surface area contributed by atoms with Crippen LogP contribution in [0.2, 0.25) is 0 Å². The first-order valence-electron chi connectivity index (χ1n) is 9.96. The van der Waals surface area contributed by atoms with Crippen LogP contribution < -0.4 is 0 Å². The molecule has 0 radical (unpaired) electrons. The third-order valence-electron chi connectivity index (χ3n) is 5.42. The van der Waals surface area contributed by atoms with Crippen molar-refractivity contribution < 1.29 is 9.18 Å². The normalized spacial score (nSPS) is 11.1. The number of carbonyl (C=O) groups excluding carboxylic acids is 1. The highest BCUT2D eigenvalue weighted by atomic mass is 32.2. The highest BCUT2D eigenvalue weighted by Gasteiger charge is 2.20. The summed E-state index contributed by atoms with van der Waals surface area (Å²) in [7, 11) is 1.95. The van der Waals surface area contributed by atoms with Crippen LogP contribution >= 0.6 is 11.8 Å². The molecule has 2 aromatic carbocycles. The molecule has 0 saturated carbocycles. The van der Waals surface area contributed by atoms with Gasteiger partial charge >= 0.3 is 0 Å². The number of rotatable bonds is 7. The maximum absolute atomic E-state index is 14.5. The number of aryl methyl sites for hydroxylation is 1. The van der Waals surface area contributed by atoms with E-state index in [0.29, 0.717) is 23.1 Å². The molecule has 4 aromatic rings. The van der Waals surface area contributed by atoms with Crippen LogP contribution in [0.3, 0.4) is 0 Å². The van der Waals surface area contributed by atoms with Gasteiger partial charge in [-0.2, -0.15) is 0 Å². The summed E-state index contributed by atoms with van der Waals surface area (Å²) >= 11 is 1.32. The molecule has 158 valence electrons. The fourth-order valence-electron chi connectivity index (χ4n) is 3.49. The van der Waals surface area contributed by atoms with E-state index in [-0.39, 0.29) is 17.4 Å². The molecule has 0 saturated heterocycles. The monoisotopic (exact) mass is 434 g/mol. The molecule has 0 aliphatic rings. The molecule has 0 bridgehead atoms. The summed E-state index contributed by atoms with van der Waals surface area (Å²) in [6.45, 7) is 4.41. The first kappa shape index (κ1) is 21.1. The summed E-state index contributed by atoms with van der Waals surface area (Å²) in [5, 5.41) is 9.14. The number of ketones is 1. The Kier molecular flexibility index (Phi) is 6.04. The highest BCUT2D eigenvalue weighted by molar-refractivity contribution is 7.99. The Morgan fingerprint density at radius 3 is 2.42 bits per heavy atom. The maximum Gasteiger partial charge on any atom is 0.192 e. The largest absolute Gasteiger partial charge is 0.351 e. The SMILES string of the molecule is Cc1cc(C(=O)CSc2nnc(-c3ccccc3F)n2Cc2ccccc2)c(C)n1C. The van der Waals surface area contributed by atoms with Crippen LogP contribution in [0.15, 0.2) is 65.8 Å². The van der Waals surface area contributed by atoms with Crippen molar-refractivity contribution in [2.45, 2.75) is 25.5 Å². The van der Waals surface area contributed by atoms with E-state index in [1.165, 1.54) is 17.8 Å². The average Bonchev–Trinajstić information content (AvgIpc) is 3.28. The number of benzene rings is 2.